The number of aromatic nitrogens is 1. The second-order valence-corrected chi connectivity index (χ2v) is 4.22. The minimum absolute atomic E-state index is 0.219. The number of carbonyl (C=O) groups is 2. The van der Waals surface area contributed by atoms with Gasteiger partial charge in [-0.15, -0.1) is 0 Å². The highest BCUT2D eigenvalue weighted by molar-refractivity contribution is 5.93. The van der Waals surface area contributed by atoms with Crippen LogP contribution in [0.5, 0.6) is 0 Å². The summed E-state index contributed by atoms with van der Waals surface area (Å²) in [4.78, 5) is 32.0. The van der Waals surface area contributed by atoms with Crippen LogP contribution in [0.15, 0.2) is 24.5 Å². The average Bonchev–Trinajstić information content (AvgIpc) is 3.20. The van der Waals surface area contributed by atoms with Crippen molar-refractivity contribution in [3.8, 4) is 0 Å². The number of hydroxylamine groups is 1. The first-order chi connectivity index (χ1) is 8.66. The van der Waals surface area contributed by atoms with E-state index in [1.165, 1.54) is 6.20 Å². The van der Waals surface area contributed by atoms with E-state index >= 15 is 0 Å². The number of hydrogen-bond acceptors (Lipinski definition) is 4. The summed E-state index contributed by atoms with van der Waals surface area (Å²) in [6.45, 7) is 1.58. The topological polar surface area (TPSA) is 80.3 Å². The molecule has 1 aromatic rings. The number of pyridine rings is 1. The van der Waals surface area contributed by atoms with Crippen molar-refractivity contribution in [2.24, 2.45) is 0 Å². The Labute approximate surface area is 105 Å². The molecule has 6 heteroatoms. The maximum absolute atomic E-state index is 11.6. The normalized spacial score (nSPS) is 15.8. The van der Waals surface area contributed by atoms with Crippen LogP contribution >= 0.6 is 0 Å². The van der Waals surface area contributed by atoms with Crippen molar-refractivity contribution < 1.29 is 14.4 Å². The molecule has 2 amide bonds. The smallest absolute Gasteiger partial charge is 0.276 e. The molecule has 0 aromatic carbocycles. The predicted molar refractivity (Wildman–Crippen MR) is 63.4 cm³/mol. The third kappa shape index (κ3) is 3.53. The quantitative estimate of drug-likeness (QED) is 0.741. The summed E-state index contributed by atoms with van der Waals surface area (Å²) in [6, 6.07) is 3.54. The molecule has 1 aliphatic carbocycles. The molecule has 0 saturated heterocycles. The molecule has 2 rings (SSSR count). The standard InChI is InChI=1S/C12H15N3O3/c1-8(11(16)14-10-4-5-10)18-15-12(17)9-3-2-6-13-7-9/h2-3,6-8,10H,4-5H2,1H3,(H,14,16)(H,15,17). The summed E-state index contributed by atoms with van der Waals surface area (Å²) in [6.07, 6.45) is 4.31. The SMILES string of the molecule is CC(ONC(=O)c1cccnc1)C(=O)NC1CC1. The van der Waals surface area contributed by atoms with E-state index in [9.17, 15) is 9.59 Å². The fraction of sp³-hybridized carbons (Fsp3) is 0.417. The van der Waals surface area contributed by atoms with Crippen LogP contribution in [0.2, 0.25) is 0 Å². The Morgan fingerprint density at radius 1 is 1.50 bits per heavy atom. The zero-order valence-electron chi connectivity index (χ0n) is 10.1. The van der Waals surface area contributed by atoms with E-state index < -0.39 is 12.0 Å². The van der Waals surface area contributed by atoms with Crippen LogP contribution in [-0.4, -0.2) is 28.9 Å². The van der Waals surface area contributed by atoms with Crippen molar-refractivity contribution in [1.82, 2.24) is 15.8 Å². The van der Waals surface area contributed by atoms with Gasteiger partial charge in [-0.05, 0) is 31.9 Å². The molecule has 1 fully saturated rings. The van der Waals surface area contributed by atoms with Crippen LogP contribution in [0.1, 0.15) is 30.1 Å². The molecule has 1 atom stereocenters. The molecule has 1 heterocycles. The first kappa shape index (κ1) is 12.5. The van der Waals surface area contributed by atoms with Gasteiger partial charge in [0.15, 0.2) is 6.10 Å². The molecular weight excluding hydrogens is 234 g/mol. The van der Waals surface area contributed by atoms with Gasteiger partial charge < -0.3 is 5.32 Å². The number of hydrogen-bond donors (Lipinski definition) is 2. The summed E-state index contributed by atoms with van der Waals surface area (Å²) in [5, 5.41) is 2.79. The Bertz CT molecular complexity index is 431. The van der Waals surface area contributed by atoms with Crippen LogP contribution in [0.4, 0.5) is 0 Å². The van der Waals surface area contributed by atoms with Crippen LogP contribution in [-0.2, 0) is 9.63 Å². The highest BCUT2D eigenvalue weighted by atomic mass is 16.7. The van der Waals surface area contributed by atoms with Crippen molar-refractivity contribution in [2.45, 2.75) is 31.9 Å². The molecule has 0 aliphatic heterocycles. The van der Waals surface area contributed by atoms with Crippen molar-refractivity contribution in [1.29, 1.82) is 0 Å². The number of nitrogens with zero attached hydrogens (tertiary/aromatic N) is 1. The highest BCUT2D eigenvalue weighted by Gasteiger charge is 2.26. The lowest BCUT2D eigenvalue weighted by Crippen LogP contribution is -2.40. The molecule has 1 aliphatic rings. The van der Waals surface area contributed by atoms with Crippen molar-refractivity contribution >= 4 is 11.8 Å². The monoisotopic (exact) mass is 249 g/mol. The second-order valence-electron chi connectivity index (χ2n) is 4.22. The van der Waals surface area contributed by atoms with Gasteiger partial charge in [0.25, 0.3) is 11.8 Å². The molecule has 96 valence electrons. The lowest BCUT2D eigenvalue weighted by atomic mass is 10.3. The minimum atomic E-state index is -0.716. The van der Waals surface area contributed by atoms with E-state index in [4.69, 9.17) is 4.84 Å². The van der Waals surface area contributed by atoms with E-state index in [1.807, 2.05) is 0 Å². The van der Waals surface area contributed by atoms with E-state index in [-0.39, 0.29) is 11.9 Å². The molecule has 1 saturated carbocycles. The maximum Gasteiger partial charge on any atom is 0.276 e. The number of carbonyl (C=O) groups excluding carboxylic acids is 2. The molecule has 18 heavy (non-hydrogen) atoms. The number of rotatable bonds is 5. The zero-order valence-corrected chi connectivity index (χ0v) is 10.1. The Morgan fingerprint density at radius 2 is 2.28 bits per heavy atom. The third-order valence-corrected chi connectivity index (χ3v) is 2.55. The summed E-state index contributed by atoms with van der Waals surface area (Å²) in [7, 11) is 0. The molecule has 1 unspecified atom stereocenters. The van der Waals surface area contributed by atoms with Gasteiger partial charge in [0.2, 0.25) is 0 Å². The third-order valence-electron chi connectivity index (χ3n) is 2.55. The second kappa shape index (κ2) is 5.59. The first-order valence-electron chi connectivity index (χ1n) is 5.83. The lowest BCUT2D eigenvalue weighted by Gasteiger charge is -2.12. The number of amides is 2. The molecule has 0 spiro atoms. The van der Waals surface area contributed by atoms with Crippen molar-refractivity contribution in [2.75, 3.05) is 0 Å². The van der Waals surface area contributed by atoms with Gasteiger partial charge in [0, 0.05) is 18.4 Å². The number of nitrogens with one attached hydrogen (secondary N) is 2. The van der Waals surface area contributed by atoms with Crippen LogP contribution in [0.25, 0.3) is 0 Å². The average molecular weight is 249 g/mol. The van der Waals surface area contributed by atoms with Gasteiger partial charge in [0.05, 0.1) is 5.56 Å². The Kier molecular flexibility index (Phi) is 3.88. The summed E-state index contributed by atoms with van der Waals surface area (Å²) in [5.41, 5.74) is 2.62. The van der Waals surface area contributed by atoms with Gasteiger partial charge in [-0.2, -0.15) is 0 Å². The van der Waals surface area contributed by atoms with E-state index in [0.717, 1.165) is 12.8 Å². The maximum atomic E-state index is 11.6. The minimum Gasteiger partial charge on any atom is -0.351 e. The molecule has 0 radical (unpaired) electrons. The summed E-state index contributed by atoms with van der Waals surface area (Å²) < 4.78 is 0. The van der Waals surface area contributed by atoms with Crippen LogP contribution in [0.3, 0.4) is 0 Å². The van der Waals surface area contributed by atoms with Crippen molar-refractivity contribution in [3.05, 3.63) is 30.1 Å². The largest absolute Gasteiger partial charge is 0.351 e. The Hall–Kier alpha value is -1.95. The molecule has 0 bridgehead atoms. The zero-order chi connectivity index (χ0) is 13.0. The first-order valence-corrected chi connectivity index (χ1v) is 5.83. The van der Waals surface area contributed by atoms with Gasteiger partial charge in [-0.25, -0.2) is 5.48 Å². The Morgan fingerprint density at radius 3 is 2.89 bits per heavy atom. The summed E-state index contributed by atoms with van der Waals surface area (Å²) in [5.74, 6) is -0.641. The molecule has 1 aromatic heterocycles. The van der Waals surface area contributed by atoms with Gasteiger partial charge in [-0.1, -0.05) is 0 Å². The van der Waals surface area contributed by atoms with E-state index in [0.29, 0.717) is 5.56 Å². The Balaban J connectivity index is 1.76. The molecule has 2 N–H and O–H groups in total. The predicted octanol–water partition coefficient (Wildman–Crippen LogP) is 0.410. The van der Waals surface area contributed by atoms with Crippen molar-refractivity contribution in [3.63, 3.8) is 0 Å². The molecule has 6 nitrogen and oxygen atoms in total. The van der Waals surface area contributed by atoms with Crippen LogP contribution in [0, 0.1) is 0 Å². The molecular formula is C12H15N3O3. The highest BCUT2D eigenvalue weighted by Crippen LogP contribution is 2.18. The van der Waals surface area contributed by atoms with Crippen LogP contribution < -0.4 is 10.8 Å². The van der Waals surface area contributed by atoms with Gasteiger partial charge >= 0.3 is 0 Å². The van der Waals surface area contributed by atoms with Gasteiger partial charge in [-0.3, -0.25) is 19.4 Å². The summed E-state index contributed by atoms with van der Waals surface area (Å²) >= 11 is 0. The fourth-order valence-electron chi connectivity index (χ4n) is 1.30. The fourth-order valence-corrected chi connectivity index (χ4v) is 1.30. The van der Waals surface area contributed by atoms with E-state index in [1.54, 1.807) is 25.3 Å². The lowest BCUT2D eigenvalue weighted by molar-refractivity contribution is -0.135. The van der Waals surface area contributed by atoms with E-state index in [2.05, 4.69) is 15.8 Å². The van der Waals surface area contributed by atoms with Gasteiger partial charge in [0.1, 0.15) is 0 Å².